The average molecular weight is 433 g/mol. The number of hydrogen-bond acceptors (Lipinski definition) is 6. The molecule has 1 amide bonds. The molecule has 0 aromatic heterocycles. The highest BCUT2D eigenvalue weighted by molar-refractivity contribution is 7.89. The van der Waals surface area contributed by atoms with Crippen LogP contribution in [-0.2, 0) is 14.8 Å². The number of benzene rings is 2. The van der Waals surface area contributed by atoms with Gasteiger partial charge in [0, 0.05) is 24.7 Å². The Labute approximate surface area is 174 Å². The van der Waals surface area contributed by atoms with Crippen molar-refractivity contribution in [2.45, 2.75) is 37.9 Å². The minimum absolute atomic E-state index is 0.0897. The molecule has 0 saturated carbocycles. The Morgan fingerprint density at radius 2 is 1.73 bits per heavy atom. The van der Waals surface area contributed by atoms with Crippen molar-refractivity contribution in [2.24, 2.45) is 0 Å². The van der Waals surface area contributed by atoms with Crippen LogP contribution in [0.15, 0.2) is 47.4 Å². The van der Waals surface area contributed by atoms with Crippen LogP contribution in [0.5, 0.6) is 0 Å². The van der Waals surface area contributed by atoms with Crippen LogP contribution in [0, 0.1) is 17.0 Å². The molecule has 160 valence electrons. The first-order valence-electron chi connectivity index (χ1n) is 9.40. The number of nitro groups is 1. The number of amides is 1. The predicted octanol–water partition coefficient (Wildman–Crippen LogP) is 2.95. The van der Waals surface area contributed by atoms with Crippen LogP contribution in [0.1, 0.15) is 29.8 Å². The molecule has 1 aliphatic heterocycles. The Kier molecular flexibility index (Phi) is 6.20. The van der Waals surface area contributed by atoms with Gasteiger partial charge in [-0.05, 0) is 51.1 Å². The molecule has 0 bridgehead atoms. The van der Waals surface area contributed by atoms with E-state index in [-0.39, 0.29) is 41.4 Å². The highest BCUT2D eigenvalue weighted by atomic mass is 32.2. The molecule has 0 spiro atoms. The van der Waals surface area contributed by atoms with Crippen molar-refractivity contribution < 1.29 is 22.9 Å². The lowest BCUT2D eigenvalue weighted by molar-refractivity contribution is -0.385. The Balaban J connectivity index is 1.78. The van der Waals surface area contributed by atoms with Crippen molar-refractivity contribution in [1.29, 1.82) is 0 Å². The van der Waals surface area contributed by atoms with Gasteiger partial charge in [0.1, 0.15) is 0 Å². The summed E-state index contributed by atoms with van der Waals surface area (Å²) in [5.74, 6) is -0.490. The summed E-state index contributed by atoms with van der Waals surface area (Å²) in [6, 6.07) is 10.0. The molecule has 2 atom stereocenters. The first kappa shape index (κ1) is 21.9. The molecule has 10 heteroatoms. The van der Waals surface area contributed by atoms with Crippen molar-refractivity contribution in [3.8, 4) is 0 Å². The standard InChI is InChI=1S/C20H23N3O6S/c1-13-11-22(12-14(2)29-13)30(27,28)17-9-7-16(8-10-17)20(24)21-18-5-4-6-19(15(18)3)23(25)26/h4-10,13-14H,11-12H2,1-3H3,(H,21,24). The molecule has 0 radical (unpaired) electrons. The van der Waals surface area contributed by atoms with Crippen LogP contribution in [0.3, 0.4) is 0 Å². The molecular weight excluding hydrogens is 410 g/mol. The number of anilines is 1. The van der Waals surface area contributed by atoms with Crippen LogP contribution in [0.25, 0.3) is 0 Å². The summed E-state index contributed by atoms with van der Waals surface area (Å²) in [4.78, 5) is 23.2. The van der Waals surface area contributed by atoms with E-state index in [9.17, 15) is 23.3 Å². The second-order valence-electron chi connectivity index (χ2n) is 7.26. The van der Waals surface area contributed by atoms with Gasteiger partial charge in [-0.2, -0.15) is 4.31 Å². The van der Waals surface area contributed by atoms with Gasteiger partial charge in [-0.25, -0.2) is 8.42 Å². The van der Waals surface area contributed by atoms with Gasteiger partial charge in [0.05, 0.1) is 33.3 Å². The quantitative estimate of drug-likeness (QED) is 0.572. The zero-order valence-corrected chi connectivity index (χ0v) is 17.7. The zero-order valence-electron chi connectivity index (χ0n) is 16.9. The first-order chi connectivity index (χ1) is 14.1. The van der Waals surface area contributed by atoms with Crippen LogP contribution in [0.4, 0.5) is 11.4 Å². The van der Waals surface area contributed by atoms with Gasteiger partial charge < -0.3 is 10.1 Å². The molecule has 1 fully saturated rings. The summed E-state index contributed by atoms with van der Waals surface area (Å²) in [6.07, 6.45) is -0.404. The van der Waals surface area contributed by atoms with Crippen molar-refractivity contribution >= 4 is 27.3 Å². The second-order valence-corrected chi connectivity index (χ2v) is 9.20. The fourth-order valence-corrected chi connectivity index (χ4v) is 5.00. The van der Waals surface area contributed by atoms with Gasteiger partial charge in [0.25, 0.3) is 11.6 Å². The maximum absolute atomic E-state index is 12.9. The van der Waals surface area contributed by atoms with E-state index in [2.05, 4.69) is 5.32 Å². The van der Waals surface area contributed by atoms with E-state index in [1.807, 2.05) is 13.8 Å². The summed E-state index contributed by atoms with van der Waals surface area (Å²) >= 11 is 0. The molecule has 3 rings (SSSR count). The predicted molar refractivity (Wildman–Crippen MR) is 111 cm³/mol. The van der Waals surface area contributed by atoms with E-state index in [4.69, 9.17) is 4.74 Å². The topological polar surface area (TPSA) is 119 Å². The van der Waals surface area contributed by atoms with Crippen LogP contribution in [-0.4, -0.2) is 48.9 Å². The third kappa shape index (κ3) is 4.50. The van der Waals surface area contributed by atoms with Crippen molar-refractivity contribution in [3.05, 3.63) is 63.7 Å². The van der Waals surface area contributed by atoms with E-state index in [0.29, 0.717) is 11.3 Å². The minimum Gasteiger partial charge on any atom is -0.373 e. The molecule has 1 saturated heterocycles. The molecule has 1 heterocycles. The van der Waals surface area contributed by atoms with Crippen molar-refractivity contribution in [2.75, 3.05) is 18.4 Å². The number of sulfonamides is 1. The summed E-state index contributed by atoms with van der Waals surface area (Å²) in [5, 5.41) is 13.7. The molecule has 30 heavy (non-hydrogen) atoms. The van der Waals surface area contributed by atoms with E-state index in [1.165, 1.54) is 40.7 Å². The largest absolute Gasteiger partial charge is 0.373 e. The number of nitro benzene ring substituents is 1. The maximum atomic E-state index is 12.9. The van der Waals surface area contributed by atoms with Gasteiger partial charge >= 0.3 is 0 Å². The number of rotatable bonds is 5. The van der Waals surface area contributed by atoms with Gasteiger partial charge in [-0.1, -0.05) is 6.07 Å². The number of hydrogen-bond donors (Lipinski definition) is 1. The molecule has 2 aromatic rings. The van der Waals surface area contributed by atoms with Crippen LogP contribution in [0.2, 0.25) is 0 Å². The van der Waals surface area contributed by atoms with Gasteiger partial charge in [0.2, 0.25) is 10.0 Å². The summed E-state index contributed by atoms with van der Waals surface area (Å²) < 4.78 is 32.8. The Bertz CT molecular complexity index is 1060. The monoisotopic (exact) mass is 433 g/mol. The smallest absolute Gasteiger partial charge is 0.274 e. The Hall–Kier alpha value is -2.82. The second kappa shape index (κ2) is 8.50. The summed E-state index contributed by atoms with van der Waals surface area (Å²) in [6.45, 7) is 5.72. The van der Waals surface area contributed by atoms with Gasteiger partial charge in [0.15, 0.2) is 0 Å². The van der Waals surface area contributed by atoms with Gasteiger partial charge in [-0.15, -0.1) is 0 Å². The molecule has 2 unspecified atom stereocenters. The lowest BCUT2D eigenvalue weighted by Gasteiger charge is -2.34. The van der Waals surface area contributed by atoms with Crippen LogP contribution < -0.4 is 5.32 Å². The van der Waals surface area contributed by atoms with Crippen molar-refractivity contribution in [1.82, 2.24) is 4.31 Å². The van der Waals surface area contributed by atoms with Gasteiger partial charge in [-0.3, -0.25) is 14.9 Å². The Morgan fingerprint density at radius 1 is 1.13 bits per heavy atom. The highest BCUT2D eigenvalue weighted by Crippen LogP contribution is 2.26. The number of carbonyl (C=O) groups is 1. The van der Waals surface area contributed by atoms with E-state index in [1.54, 1.807) is 13.0 Å². The zero-order chi connectivity index (χ0) is 22.1. The highest BCUT2D eigenvalue weighted by Gasteiger charge is 2.32. The van der Waals surface area contributed by atoms with E-state index >= 15 is 0 Å². The van der Waals surface area contributed by atoms with E-state index in [0.717, 1.165) is 0 Å². The summed E-state index contributed by atoms with van der Waals surface area (Å²) in [7, 11) is -3.70. The lowest BCUT2D eigenvalue weighted by Crippen LogP contribution is -2.48. The number of carbonyl (C=O) groups excluding carboxylic acids is 1. The molecule has 1 aliphatic rings. The van der Waals surface area contributed by atoms with Crippen molar-refractivity contribution in [3.63, 3.8) is 0 Å². The third-order valence-electron chi connectivity index (χ3n) is 4.89. The minimum atomic E-state index is -3.70. The number of nitrogens with zero attached hydrogens (tertiary/aromatic N) is 2. The fourth-order valence-electron chi connectivity index (χ4n) is 3.41. The lowest BCUT2D eigenvalue weighted by atomic mass is 10.1. The summed E-state index contributed by atoms with van der Waals surface area (Å²) in [5.41, 5.74) is 0.805. The SMILES string of the molecule is Cc1c(NC(=O)c2ccc(S(=O)(=O)N3CC(C)OC(C)C3)cc2)cccc1[N+](=O)[O-]. The fraction of sp³-hybridized carbons (Fsp3) is 0.350. The van der Waals surface area contributed by atoms with E-state index < -0.39 is 20.9 Å². The van der Waals surface area contributed by atoms with Crippen LogP contribution >= 0.6 is 0 Å². The molecule has 2 aromatic carbocycles. The number of ether oxygens (including phenoxy) is 1. The molecule has 9 nitrogen and oxygen atoms in total. The number of nitrogens with one attached hydrogen (secondary N) is 1. The molecular formula is C20H23N3O6S. The maximum Gasteiger partial charge on any atom is 0.274 e. The number of morpholine rings is 1. The normalized spacial score (nSPS) is 20.0. The molecule has 1 N–H and O–H groups in total. The first-order valence-corrected chi connectivity index (χ1v) is 10.8. The molecule has 0 aliphatic carbocycles. The third-order valence-corrected chi connectivity index (χ3v) is 6.74. The Morgan fingerprint density at radius 3 is 2.30 bits per heavy atom. The average Bonchev–Trinajstić information content (AvgIpc) is 2.68.